The normalized spacial score (nSPS) is 25.7. The lowest BCUT2D eigenvalue weighted by atomic mass is 9.98. The highest BCUT2D eigenvalue weighted by Gasteiger charge is 2.27. The summed E-state index contributed by atoms with van der Waals surface area (Å²) in [5.74, 6) is 0. The molecule has 106 valence electrons. The first-order valence-electron chi connectivity index (χ1n) is 8.03. The Kier molecular flexibility index (Phi) is 5.93. The second-order valence-electron chi connectivity index (χ2n) is 5.94. The van der Waals surface area contributed by atoms with Crippen molar-refractivity contribution in [3.05, 3.63) is 0 Å². The molecule has 0 spiro atoms. The van der Waals surface area contributed by atoms with Crippen LogP contribution in [0.4, 0.5) is 0 Å². The second kappa shape index (κ2) is 7.46. The molecule has 0 aromatic rings. The molecule has 2 aliphatic heterocycles. The molecule has 0 unspecified atom stereocenters. The van der Waals surface area contributed by atoms with Gasteiger partial charge in [0.25, 0.3) is 0 Å². The van der Waals surface area contributed by atoms with Gasteiger partial charge in [0, 0.05) is 12.1 Å². The molecule has 2 fully saturated rings. The van der Waals surface area contributed by atoms with Gasteiger partial charge in [0.1, 0.15) is 0 Å². The fraction of sp³-hybridized carbons (Fsp3) is 1.00. The fourth-order valence-electron chi connectivity index (χ4n) is 3.58. The Morgan fingerprint density at radius 1 is 0.944 bits per heavy atom. The van der Waals surface area contributed by atoms with Crippen LogP contribution in [0.5, 0.6) is 0 Å². The van der Waals surface area contributed by atoms with Crippen LogP contribution in [0.3, 0.4) is 0 Å². The molecule has 0 aliphatic carbocycles. The van der Waals surface area contributed by atoms with Gasteiger partial charge >= 0.3 is 0 Å². The first kappa shape index (κ1) is 14.3. The zero-order valence-electron chi connectivity index (χ0n) is 12.3. The minimum Gasteiger partial charge on any atom is -0.314 e. The molecule has 2 heterocycles. The van der Waals surface area contributed by atoms with Gasteiger partial charge in [-0.05, 0) is 71.4 Å². The monoisotopic (exact) mass is 253 g/mol. The number of rotatable bonds is 5. The first-order valence-corrected chi connectivity index (χ1v) is 8.03. The first-order chi connectivity index (χ1) is 8.83. The Bertz CT molecular complexity index is 192. The second-order valence-corrected chi connectivity index (χ2v) is 5.94. The van der Waals surface area contributed by atoms with Crippen LogP contribution in [0.2, 0.25) is 0 Å². The van der Waals surface area contributed by atoms with Crippen molar-refractivity contribution in [3.8, 4) is 0 Å². The summed E-state index contributed by atoms with van der Waals surface area (Å²) in [4.78, 5) is 5.40. The third kappa shape index (κ3) is 3.94. The summed E-state index contributed by atoms with van der Waals surface area (Å²) in [6.07, 6.45) is 6.79. The summed E-state index contributed by atoms with van der Waals surface area (Å²) in [5, 5.41) is 3.60. The fourth-order valence-corrected chi connectivity index (χ4v) is 3.58. The summed E-state index contributed by atoms with van der Waals surface area (Å²) in [6, 6.07) is 1.66. The van der Waals surface area contributed by atoms with Crippen LogP contribution in [-0.2, 0) is 0 Å². The predicted octanol–water partition coefficient (Wildman–Crippen LogP) is 1.93. The third-order valence-electron chi connectivity index (χ3n) is 4.64. The highest BCUT2D eigenvalue weighted by Crippen LogP contribution is 2.21. The summed E-state index contributed by atoms with van der Waals surface area (Å²) < 4.78 is 0. The number of nitrogens with zero attached hydrogens (tertiary/aromatic N) is 2. The minimum atomic E-state index is 0.784. The quantitative estimate of drug-likeness (QED) is 0.808. The van der Waals surface area contributed by atoms with Gasteiger partial charge in [-0.3, -0.25) is 0 Å². The van der Waals surface area contributed by atoms with Gasteiger partial charge in [0.15, 0.2) is 0 Å². The van der Waals surface area contributed by atoms with Crippen molar-refractivity contribution >= 4 is 0 Å². The Balaban J connectivity index is 1.68. The number of hydrogen-bond donors (Lipinski definition) is 1. The number of hydrogen-bond acceptors (Lipinski definition) is 3. The van der Waals surface area contributed by atoms with Gasteiger partial charge in [-0.15, -0.1) is 0 Å². The molecule has 0 bridgehead atoms. The molecular formula is C15H31N3. The molecule has 0 aromatic carbocycles. The third-order valence-corrected chi connectivity index (χ3v) is 4.64. The van der Waals surface area contributed by atoms with E-state index in [2.05, 4.69) is 29.0 Å². The highest BCUT2D eigenvalue weighted by atomic mass is 15.2. The molecule has 18 heavy (non-hydrogen) atoms. The summed E-state index contributed by atoms with van der Waals surface area (Å²) >= 11 is 0. The van der Waals surface area contributed by atoms with Crippen LogP contribution in [0.1, 0.15) is 46.0 Å². The minimum absolute atomic E-state index is 0.784. The van der Waals surface area contributed by atoms with Gasteiger partial charge in [0.2, 0.25) is 0 Å². The summed E-state index contributed by atoms with van der Waals surface area (Å²) in [6.45, 7) is 12.2. The van der Waals surface area contributed by atoms with E-state index in [9.17, 15) is 0 Å². The molecule has 0 radical (unpaired) electrons. The number of nitrogens with one attached hydrogen (secondary N) is 1. The zero-order valence-corrected chi connectivity index (χ0v) is 12.3. The van der Waals surface area contributed by atoms with E-state index in [1.807, 2.05) is 0 Å². The van der Waals surface area contributed by atoms with Crippen LogP contribution in [0.25, 0.3) is 0 Å². The van der Waals surface area contributed by atoms with Crippen LogP contribution in [-0.4, -0.2) is 61.2 Å². The molecule has 2 aliphatic rings. The molecule has 0 atom stereocenters. The van der Waals surface area contributed by atoms with Crippen LogP contribution < -0.4 is 5.32 Å². The van der Waals surface area contributed by atoms with E-state index in [4.69, 9.17) is 0 Å². The average Bonchev–Trinajstić information content (AvgIpc) is 2.41. The van der Waals surface area contributed by atoms with Gasteiger partial charge in [-0.25, -0.2) is 0 Å². The van der Waals surface area contributed by atoms with E-state index < -0.39 is 0 Å². The van der Waals surface area contributed by atoms with Crippen molar-refractivity contribution in [3.63, 3.8) is 0 Å². The lowest BCUT2D eigenvalue weighted by Crippen LogP contribution is -2.50. The van der Waals surface area contributed by atoms with E-state index in [1.54, 1.807) is 0 Å². The van der Waals surface area contributed by atoms with E-state index in [0.717, 1.165) is 18.6 Å². The van der Waals surface area contributed by atoms with Gasteiger partial charge in [-0.1, -0.05) is 13.8 Å². The Morgan fingerprint density at radius 2 is 1.61 bits per heavy atom. The summed E-state index contributed by atoms with van der Waals surface area (Å²) in [5.41, 5.74) is 0. The molecule has 2 rings (SSSR count). The average molecular weight is 253 g/mol. The van der Waals surface area contributed by atoms with Crippen molar-refractivity contribution in [2.24, 2.45) is 0 Å². The maximum Gasteiger partial charge on any atom is 0.0120 e. The smallest absolute Gasteiger partial charge is 0.0120 e. The van der Waals surface area contributed by atoms with Crippen molar-refractivity contribution in [2.75, 3.05) is 39.3 Å². The van der Waals surface area contributed by atoms with E-state index >= 15 is 0 Å². The predicted molar refractivity (Wildman–Crippen MR) is 78.0 cm³/mol. The van der Waals surface area contributed by atoms with Crippen LogP contribution in [0.15, 0.2) is 0 Å². The number of piperidine rings is 2. The molecule has 3 nitrogen and oxygen atoms in total. The number of likely N-dealkylation sites (tertiary alicyclic amines) is 2. The SMILES string of the molecule is CCCN1CCC(N2CCC(NCC)CC2)CC1. The van der Waals surface area contributed by atoms with Gasteiger partial charge in [0.05, 0.1) is 0 Å². The van der Waals surface area contributed by atoms with Gasteiger partial charge in [-0.2, -0.15) is 0 Å². The van der Waals surface area contributed by atoms with E-state index in [0.29, 0.717) is 0 Å². The van der Waals surface area contributed by atoms with E-state index in [-0.39, 0.29) is 0 Å². The zero-order chi connectivity index (χ0) is 12.8. The topological polar surface area (TPSA) is 18.5 Å². The maximum atomic E-state index is 3.60. The highest BCUT2D eigenvalue weighted by molar-refractivity contribution is 4.84. The van der Waals surface area contributed by atoms with E-state index in [1.165, 1.54) is 64.8 Å². The van der Waals surface area contributed by atoms with Crippen LogP contribution in [0, 0.1) is 0 Å². The largest absolute Gasteiger partial charge is 0.314 e. The lowest BCUT2D eigenvalue weighted by molar-refractivity contribution is 0.0840. The Labute approximate surface area is 113 Å². The van der Waals surface area contributed by atoms with Crippen molar-refractivity contribution < 1.29 is 0 Å². The maximum absolute atomic E-state index is 3.60. The molecule has 0 aromatic heterocycles. The van der Waals surface area contributed by atoms with Crippen molar-refractivity contribution in [2.45, 2.75) is 58.0 Å². The standard InChI is InChI=1S/C15H31N3/c1-3-9-17-10-7-15(8-11-17)18-12-5-14(6-13-18)16-4-2/h14-16H,3-13H2,1-2H3. The van der Waals surface area contributed by atoms with Crippen molar-refractivity contribution in [1.82, 2.24) is 15.1 Å². The Morgan fingerprint density at radius 3 is 2.17 bits per heavy atom. The molecule has 2 saturated heterocycles. The molecule has 1 N–H and O–H groups in total. The van der Waals surface area contributed by atoms with Crippen molar-refractivity contribution in [1.29, 1.82) is 0 Å². The molecular weight excluding hydrogens is 222 g/mol. The summed E-state index contributed by atoms with van der Waals surface area (Å²) in [7, 11) is 0. The molecule has 0 amide bonds. The van der Waals surface area contributed by atoms with Crippen LogP contribution >= 0.6 is 0 Å². The van der Waals surface area contributed by atoms with Gasteiger partial charge < -0.3 is 15.1 Å². The Hall–Kier alpha value is -0.120. The molecule has 0 saturated carbocycles. The lowest BCUT2D eigenvalue weighted by Gasteiger charge is -2.42. The molecule has 3 heteroatoms.